The first-order chi connectivity index (χ1) is 13.6. The predicted octanol–water partition coefficient (Wildman–Crippen LogP) is 1.76. The molecule has 1 amide bonds. The second kappa shape index (κ2) is 7.39. The van der Waals surface area contributed by atoms with E-state index in [1.165, 1.54) is 12.0 Å². The number of carbonyl (C=O) groups excluding carboxylic acids is 3. The number of nitrogens with zero attached hydrogens (tertiary/aromatic N) is 1. The largest absolute Gasteiger partial charge is 0.483 e. The number of hydrogen-bond donors (Lipinski definition) is 1. The SMILES string of the molecule is COC(=O)c1ccc(C2C3=C(OC4CCCCC4C3=O)C(=O)N2CCO)cc1. The molecular weight excluding hydrogens is 362 g/mol. The van der Waals surface area contributed by atoms with Crippen molar-refractivity contribution in [2.45, 2.75) is 37.8 Å². The molecule has 1 aromatic carbocycles. The Bertz CT molecular complexity index is 843. The highest BCUT2D eigenvalue weighted by Gasteiger charge is 2.51. The summed E-state index contributed by atoms with van der Waals surface area (Å²) in [7, 11) is 1.31. The number of hydrogen-bond acceptors (Lipinski definition) is 6. The summed E-state index contributed by atoms with van der Waals surface area (Å²) in [5.41, 5.74) is 1.47. The minimum atomic E-state index is -0.614. The molecular formula is C21H23NO6. The molecule has 1 aromatic rings. The number of β-amino-alcohol motifs (C(OH)–C–C–N with tert-alkyl or cyclic N) is 1. The van der Waals surface area contributed by atoms with Gasteiger partial charge in [0.2, 0.25) is 0 Å². The van der Waals surface area contributed by atoms with E-state index < -0.39 is 12.0 Å². The average molecular weight is 385 g/mol. The summed E-state index contributed by atoms with van der Waals surface area (Å²) >= 11 is 0. The van der Waals surface area contributed by atoms with E-state index in [1.54, 1.807) is 24.3 Å². The van der Waals surface area contributed by atoms with Crippen LogP contribution in [0.3, 0.4) is 0 Å². The zero-order valence-corrected chi connectivity index (χ0v) is 15.7. The van der Waals surface area contributed by atoms with Crippen molar-refractivity contribution < 1.29 is 29.0 Å². The number of aliphatic hydroxyl groups is 1. The van der Waals surface area contributed by atoms with Crippen LogP contribution in [0, 0.1) is 5.92 Å². The predicted molar refractivity (Wildman–Crippen MR) is 98.2 cm³/mol. The molecule has 1 aliphatic carbocycles. The Kier molecular flexibility index (Phi) is 4.93. The molecule has 1 saturated carbocycles. The molecule has 4 rings (SSSR count). The Morgan fingerprint density at radius 2 is 1.93 bits per heavy atom. The van der Waals surface area contributed by atoms with Gasteiger partial charge >= 0.3 is 5.97 Å². The van der Waals surface area contributed by atoms with Gasteiger partial charge in [0.25, 0.3) is 5.91 Å². The van der Waals surface area contributed by atoms with Gasteiger partial charge in [-0.1, -0.05) is 18.6 Å². The van der Waals surface area contributed by atoms with E-state index in [0.29, 0.717) is 16.7 Å². The number of ketones is 1. The van der Waals surface area contributed by atoms with Gasteiger partial charge in [-0.2, -0.15) is 0 Å². The minimum Gasteiger partial charge on any atom is -0.483 e. The molecule has 3 atom stereocenters. The van der Waals surface area contributed by atoms with E-state index in [4.69, 9.17) is 9.47 Å². The van der Waals surface area contributed by atoms with Crippen molar-refractivity contribution in [3.8, 4) is 0 Å². The molecule has 0 radical (unpaired) electrons. The third-order valence-electron chi connectivity index (χ3n) is 5.85. The first kappa shape index (κ1) is 18.7. The van der Waals surface area contributed by atoms with Crippen LogP contribution >= 0.6 is 0 Å². The second-order valence-corrected chi connectivity index (χ2v) is 7.39. The fraction of sp³-hybridized carbons (Fsp3) is 0.476. The number of carbonyl (C=O) groups is 3. The summed E-state index contributed by atoms with van der Waals surface area (Å²) in [4.78, 5) is 39.4. The molecule has 3 aliphatic rings. The number of amides is 1. The van der Waals surface area contributed by atoms with Crippen LogP contribution in [0.2, 0.25) is 0 Å². The smallest absolute Gasteiger partial charge is 0.337 e. The lowest BCUT2D eigenvalue weighted by atomic mass is 9.77. The second-order valence-electron chi connectivity index (χ2n) is 7.39. The van der Waals surface area contributed by atoms with Gasteiger partial charge in [0.05, 0.1) is 36.8 Å². The maximum absolute atomic E-state index is 13.3. The molecule has 148 valence electrons. The summed E-state index contributed by atoms with van der Waals surface area (Å²) in [5.74, 6) is -0.927. The molecule has 7 heteroatoms. The van der Waals surface area contributed by atoms with E-state index in [-0.39, 0.29) is 42.6 Å². The normalized spacial score (nSPS) is 26.6. The Labute approximate surface area is 162 Å². The first-order valence-electron chi connectivity index (χ1n) is 9.62. The summed E-state index contributed by atoms with van der Waals surface area (Å²) in [6.45, 7) is -0.120. The van der Waals surface area contributed by atoms with E-state index in [9.17, 15) is 19.5 Å². The molecule has 1 fully saturated rings. The number of ether oxygens (including phenoxy) is 2. The van der Waals surface area contributed by atoms with Crippen molar-refractivity contribution in [3.63, 3.8) is 0 Å². The van der Waals surface area contributed by atoms with E-state index in [2.05, 4.69) is 0 Å². The Hall–Kier alpha value is -2.67. The highest BCUT2D eigenvalue weighted by atomic mass is 16.5. The van der Waals surface area contributed by atoms with Gasteiger partial charge < -0.3 is 19.5 Å². The Balaban J connectivity index is 1.74. The van der Waals surface area contributed by atoms with Crippen LogP contribution in [0.4, 0.5) is 0 Å². The third-order valence-corrected chi connectivity index (χ3v) is 5.85. The van der Waals surface area contributed by atoms with Gasteiger partial charge in [-0.05, 0) is 37.0 Å². The lowest BCUT2D eigenvalue weighted by Gasteiger charge is -2.35. The molecule has 0 spiro atoms. The van der Waals surface area contributed by atoms with Crippen LogP contribution in [0.15, 0.2) is 35.6 Å². The number of aliphatic hydroxyl groups excluding tert-OH is 1. The molecule has 0 saturated heterocycles. The van der Waals surface area contributed by atoms with E-state index >= 15 is 0 Å². The summed E-state index contributed by atoms with van der Waals surface area (Å²) in [6, 6.07) is 6.03. The van der Waals surface area contributed by atoms with Crippen molar-refractivity contribution in [2.75, 3.05) is 20.3 Å². The standard InChI is InChI=1S/C21H23NO6/c1-27-21(26)13-8-6-12(7-9-13)17-16-18(24)14-4-2-3-5-15(14)28-19(16)20(25)22(17)10-11-23/h6-9,14-15,17,23H,2-5,10-11H2,1H3. The zero-order valence-electron chi connectivity index (χ0n) is 15.7. The van der Waals surface area contributed by atoms with E-state index in [1.807, 2.05) is 0 Å². The van der Waals surface area contributed by atoms with Crippen LogP contribution in [0.5, 0.6) is 0 Å². The van der Waals surface area contributed by atoms with Crippen LogP contribution in [0.1, 0.15) is 47.6 Å². The number of benzene rings is 1. The minimum absolute atomic E-state index is 0.0261. The first-order valence-corrected chi connectivity index (χ1v) is 9.62. The fourth-order valence-corrected chi connectivity index (χ4v) is 4.50. The van der Waals surface area contributed by atoms with Crippen molar-refractivity contribution in [1.82, 2.24) is 4.90 Å². The topological polar surface area (TPSA) is 93.1 Å². The number of methoxy groups -OCH3 is 1. The zero-order chi connectivity index (χ0) is 19.8. The van der Waals surface area contributed by atoms with Crippen LogP contribution < -0.4 is 0 Å². The molecule has 0 bridgehead atoms. The Morgan fingerprint density at radius 3 is 2.61 bits per heavy atom. The molecule has 28 heavy (non-hydrogen) atoms. The van der Waals surface area contributed by atoms with Crippen molar-refractivity contribution in [3.05, 3.63) is 46.7 Å². The quantitative estimate of drug-likeness (QED) is 0.794. The molecule has 7 nitrogen and oxygen atoms in total. The van der Waals surface area contributed by atoms with Gasteiger partial charge in [0, 0.05) is 6.54 Å². The molecule has 2 heterocycles. The average Bonchev–Trinajstić information content (AvgIpc) is 3.00. The van der Waals surface area contributed by atoms with Gasteiger partial charge in [0.15, 0.2) is 11.5 Å². The highest BCUT2D eigenvalue weighted by Crippen LogP contribution is 2.46. The van der Waals surface area contributed by atoms with Gasteiger partial charge in [-0.3, -0.25) is 9.59 Å². The summed E-state index contributed by atoms with van der Waals surface area (Å²) < 4.78 is 10.7. The lowest BCUT2D eigenvalue weighted by molar-refractivity contribution is -0.135. The molecule has 0 aromatic heterocycles. The molecule has 1 N–H and O–H groups in total. The maximum atomic E-state index is 13.3. The monoisotopic (exact) mass is 385 g/mol. The van der Waals surface area contributed by atoms with Gasteiger partial charge in [0.1, 0.15) is 6.10 Å². The van der Waals surface area contributed by atoms with Crippen molar-refractivity contribution >= 4 is 17.7 Å². The number of fused-ring (bicyclic) bond motifs is 1. The number of Topliss-reactive ketones (excluding diaryl/α,β-unsaturated/α-hetero) is 1. The summed E-state index contributed by atoms with van der Waals surface area (Å²) in [6.07, 6.45) is 3.28. The lowest BCUT2D eigenvalue weighted by Crippen LogP contribution is -2.39. The fourth-order valence-electron chi connectivity index (χ4n) is 4.50. The molecule has 3 unspecified atom stereocenters. The number of esters is 1. The van der Waals surface area contributed by atoms with Crippen LogP contribution in [0.25, 0.3) is 0 Å². The maximum Gasteiger partial charge on any atom is 0.337 e. The summed E-state index contributed by atoms with van der Waals surface area (Å²) in [5, 5.41) is 9.46. The van der Waals surface area contributed by atoms with Crippen molar-refractivity contribution in [2.24, 2.45) is 5.92 Å². The van der Waals surface area contributed by atoms with Crippen LogP contribution in [-0.4, -0.2) is 54.0 Å². The Morgan fingerprint density at radius 1 is 1.21 bits per heavy atom. The third kappa shape index (κ3) is 2.90. The van der Waals surface area contributed by atoms with E-state index in [0.717, 1.165) is 25.7 Å². The van der Waals surface area contributed by atoms with Crippen LogP contribution in [-0.2, 0) is 19.1 Å². The van der Waals surface area contributed by atoms with Crippen molar-refractivity contribution in [1.29, 1.82) is 0 Å². The number of rotatable bonds is 4. The highest BCUT2D eigenvalue weighted by molar-refractivity contribution is 6.11. The van der Waals surface area contributed by atoms with Gasteiger partial charge in [-0.25, -0.2) is 4.79 Å². The molecule has 2 aliphatic heterocycles. The van der Waals surface area contributed by atoms with Gasteiger partial charge in [-0.15, -0.1) is 0 Å².